The predicted octanol–water partition coefficient (Wildman–Crippen LogP) is 1.05. The number of nitrogens with two attached hydrogens (primary N) is 2. The van der Waals surface area contributed by atoms with Gasteiger partial charge in [0, 0.05) is 11.3 Å². The lowest BCUT2D eigenvalue weighted by Gasteiger charge is -2.19. The number of hydrogen-bond acceptors (Lipinski definition) is 3. The third-order valence-corrected chi connectivity index (χ3v) is 2.39. The number of nitrogen functional groups attached to an aromatic ring is 1. The van der Waals surface area contributed by atoms with Crippen molar-refractivity contribution in [2.24, 2.45) is 5.73 Å². The van der Waals surface area contributed by atoms with Crippen LogP contribution in [-0.2, 0) is 4.79 Å². The Morgan fingerprint density at radius 3 is 2.79 bits per heavy atom. The molecule has 0 spiro atoms. The first kappa shape index (κ1) is 8.75. The first-order chi connectivity index (χ1) is 6.74. The summed E-state index contributed by atoms with van der Waals surface area (Å²) in [5.41, 5.74) is 14.6. The molecule has 0 radical (unpaired) electrons. The van der Waals surface area contributed by atoms with Gasteiger partial charge in [0.2, 0.25) is 0 Å². The molecule has 1 unspecified atom stereocenters. The van der Waals surface area contributed by atoms with Crippen molar-refractivity contribution in [1.82, 2.24) is 0 Å². The first-order valence-corrected chi connectivity index (χ1v) is 4.31. The van der Waals surface area contributed by atoms with Gasteiger partial charge in [0.25, 0.3) is 0 Å². The van der Waals surface area contributed by atoms with Crippen molar-refractivity contribution in [2.75, 3.05) is 5.73 Å². The first-order valence-electron chi connectivity index (χ1n) is 4.31. The molecule has 70 valence electrons. The average Bonchev–Trinajstić information content (AvgIpc) is 2.20. The van der Waals surface area contributed by atoms with Gasteiger partial charge in [-0.05, 0) is 17.7 Å². The lowest BCUT2D eigenvalue weighted by Crippen LogP contribution is -2.17. The second-order valence-corrected chi connectivity index (χ2v) is 3.22. The molecule has 3 nitrogen and oxygen atoms in total. The number of benzene rings is 1. The number of anilines is 1. The highest BCUT2D eigenvalue weighted by Gasteiger charge is 2.19. The molecule has 14 heavy (non-hydrogen) atoms. The molecule has 1 atom stereocenters. The standard InChI is InChI=1S/C11H10N2O/c12-10-3-1-2-9-8(10)5-4-7(6-14)11(9)13/h1-5,11H,12-13H2. The van der Waals surface area contributed by atoms with Gasteiger partial charge in [-0.2, -0.15) is 0 Å². The summed E-state index contributed by atoms with van der Waals surface area (Å²) < 4.78 is 0. The molecular weight excluding hydrogens is 176 g/mol. The van der Waals surface area contributed by atoms with Crippen molar-refractivity contribution in [3.05, 3.63) is 41.0 Å². The van der Waals surface area contributed by atoms with E-state index in [1.165, 1.54) is 0 Å². The van der Waals surface area contributed by atoms with Crippen LogP contribution >= 0.6 is 0 Å². The van der Waals surface area contributed by atoms with Crippen molar-refractivity contribution >= 4 is 17.7 Å². The van der Waals surface area contributed by atoms with E-state index in [4.69, 9.17) is 11.5 Å². The Kier molecular flexibility index (Phi) is 1.97. The van der Waals surface area contributed by atoms with E-state index in [-0.39, 0.29) is 0 Å². The van der Waals surface area contributed by atoms with Crippen molar-refractivity contribution in [2.45, 2.75) is 6.04 Å². The van der Waals surface area contributed by atoms with E-state index in [2.05, 4.69) is 0 Å². The Bertz CT molecular complexity index is 456. The van der Waals surface area contributed by atoms with Crippen molar-refractivity contribution < 1.29 is 4.79 Å². The maximum absolute atomic E-state index is 10.5. The van der Waals surface area contributed by atoms with E-state index in [9.17, 15) is 4.79 Å². The molecule has 0 bridgehead atoms. The van der Waals surface area contributed by atoms with Crippen molar-refractivity contribution in [3.63, 3.8) is 0 Å². The number of carbonyl (C=O) groups excluding carboxylic acids is 1. The van der Waals surface area contributed by atoms with Gasteiger partial charge in [-0.15, -0.1) is 0 Å². The molecule has 1 aliphatic rings. The van der Waals surface area contributed by atoms with Crippen LogP contribution in [-0.4, -0.2) is 5.94 Å². The Hall–Kier alpha value is -1.83. The summed E-state index contributed by atoms with van der Waals surface area (Å²) in [5.74, 6) is 1.83. The Morgan fingerprint density at radius 2 is 2.07 bits per heavy atom. The van der Waals surface area contributed by atoms with Crippen molar-refractivity contribution in [3.8, 4) is 0 Å². The normalized spacial score (nSPS) is 18.9. The predicted molar refractivity (Wildman–Crippen MR) is 56.0 cm³/mol. The molecule has 0 aliphatic heterocycles. The van der Waals surface area contributed by atoms with E-state index in [0.29, 0.717) is 11.3 Å². The monoisotopic (exact) mass is 186 g/mol. The second-order valence-electron chi connectivity index (χ2n) is 3.22. The summed E-state index contributed by atoms with van der Waals surface area (Å²) in [6.07, 6.45) is 3.46. The summed E-state index contributed by atoms with van der Waals surface area (Å²) in [6.45, 7) is 0. The number of fused-ring (bicyclic) bond motifs is 1. The van der Waals surface area contributed by atoms with E-state index in [0.717, 1.165) is 11.1 Å². The van der Waals surface area contributed by atoms with Gasteiger partial charge < -0.3 is 11.5 Å². The van der Waals surface area contributed by atoms with Gasteiger partial charge in [-0.25, -0.2) is 4.79 Å². The number of hydrogen-bond donors (Lipinski definition) is 2. The van der Waals surface area contributed by atoms with Crippen LogP contribution in [0.4, 0.5) is 5.69 Å². The quantitative estimate of drug-likeness (QED) is 0.470. The summed E-state index contributed by atoms with van der Waals surface area (Å²) in [4.78, 5) is 10.5. The molecule has 2 rings (SSSR count). The fraction of sp³-hybridized carbons (Fsp3) is 0.0909. The molecule has 0 heterocycles. The molecule has 4 N–H and O–H groups in total. The summed E-state index contributed by atoms with van der Waals surface area (Å²) >= 11 is 0. The van der Waals surface area contributed by atoms with E-state index in [1.54, 1.807) is 12.2 Å². The molecule has 3 heteroatoms. The van der Waals surface area contributed by atoms with Crippen LogP contribution in [0, 0.1) is 0 Å². The highest BCUT2D eigenvalue weighted by Crippen LogP contribution is 2.31. The molecule has 0 saturated carbocycles. The largest absolute Gasteiger partial charge is 0.398 e. The summed E-state index contributed by atoms with van der Waals surface area (Å²) in [7, 11) is 0. The van der Waals surface area contributed by atoms with Gasteiger partial charge in [0.05, 0.1) is 11.6 Å². The van der Waals surface area contributed by atoms with Gasteiger partial charge in [0.15, 0.2) is 0 Å². The van der Waals surface area contributed by atoms with Crippen LogP contribution in [0.5, 0.6) is 0 Å². The summed E-state index contributed by atoms with van der Waals surface area (Å²) in [6, 6.07) is 5.11. The van der Waals surface area contributed by atoms with Gasteiger partial charge in [-0.1, -0.05) is 18.2 Å². The lowest BCUT2D eigenvalue weighted by molar-refractivity contribution is 0.565. The SMILES string of the molecule is Nc1cccc2c1C=CC(=C=O)C2N. The smallest absolute Gasteiger partial charge is 0.129 e. The van der Waals surface area contributed by atoms with Crippen LogP contribution < -0.4 is 11.5 Å². The molecule has 0 aromatic heterocycles. The van der Waals surface area contributed by atoms with Crippen LogP contribution in [0.2, 0.25) is 0 Å². The Labute approximate surface area is 81.7 Å². The van der Waals surface area contributed by atoms with E-state index < -0.39 is 6.04 Å². The molecule has 0 saturated heterocycles. The molecular formula is C11H10N2O. The van der Waals surface area contributed by atoms with Crippen LogP contribution in [0.3, 0.4) is 0 Å². The molecule has 1 aromatic carbocycles. The van der Waals surface area contributed by atoms with E-state index in [1.807, 2.05) is 24.1 Å². The summed E-state index contributed by atoms with van der Waals surface area (Å²) in [5, 5.41) is 0. The minimum Gasteiger partial charge on any atom is -0.398 e. The van der Waals surface area contributed by atoms with Gasteiger partial charge in [-0.3, -0.25) is 0 Å². The van der Waals surface area contributed by atoms with Gasteiger partial charge >= 0.3 is 0 Å². The van der Waals surface area contributed by atoms with Crippen LogP contribution in [0.25, 0.3) is 6.08 Å². The zero-order valence-corrected chi connectivity index (χ0v) is 7.53. The highest BCUT2D eigenvalue weighted by atomic mass is 16.1. The van der Waals surface area contributed by atoms with E-state index >= 15 is 0 Å². The maximum atomic E-state index is 10.5. The van der Waals surface area contributed by atoms with Gasteiger partial charge in [0.1, 0.15) is 5.94 Å². The highest BCUT2D eigenvalue weighted by molar-refractivity contribution is 5.77. The topological polar surface area (TPSA) is 69.1 Å². The van der Waals surface area contributed by atoms with Crippen LogP contribution in [0.15, 0.2) is 29.8 Å². The zero-order chi connectivity index (χ0) is 10.1. The third-order valence-electron chi connectivity index (χ3n) is 2.39. The minimum absolute atomic E-state index is 0.406. The van der Waals surface area contributed by atoms with Crippen LogP contribution in [0.1, 0.15) is 17.2 Å². The fourth-order valence-electron chi connectivity index (χ4n) is 1.61. The second kappa shape index (κ2) is 3.14. The molecule has 0 fully saturated rings. The minimum atomic E-state index is -0.406. The lowest BCUT2D eigenvalue weighted by atomic mass is 9.89. The Morgan fingerprint density at radius 1 is 1.29 bits per heavy atom. The molecule has 1 aromatic rings. The van der Waals surface area contributed by atoms with Crippen molar-refractivity contribution in [1.29, 1.82) is 0 Å². The third kappa shape index (κ3) is 1.16. The maximum Gasteiger partial charge on any atom is 0.129 e. The average molecular weight is 186 g/mol. The fourth-order valence-corrected chi connectivity index (χ4v) is 1.61. The Balaban J connectivity index is 2.66. The number of rotatable bonds is 0. The zero-order valence-electron chi connectivity index (χ0n) is 7.53. The molecule has 0 amide bonds. The molecule has 1 aliphatic carbocycles.